The number of rotatable bonds is 4. The Morgan fingerprint density at radius 2 is 1.06 bits per heavy atom. The molecule has 0 aromatic heterocycles. The van der Waals surface area contributed by atoms with Gasteiger partial charge in [0.05, 0.1) is 28.4 Å². The number of para-hydroxylation sites is 2. The van der Waals surface area contributed by atoms with E-state index in [1.54, 1.807) is 48.5 Å². The highest BCUT2D eigenvalue weighted by atomic mass is 32.2. The molecule has 0 radical (unpaired) electrons. The molecule has 0 aliphatic carbocycles. The van der Waals surface area contributed by atoms with E-state index in [2.05, 4.69) is 0 Å². The van der Waals surface area contributed by atoms with Crippen LogP contribution in [0.1, 0.15) is 11.1 Å². The molecule has 4 rings (SSSR count). The molecule has 2 aromatic carbocycles. The van der Waals surface area contributed by atoms with Crippen LogP contribution in [-0.4, -0.2) is 61.1 Å². The van der Waals surface area contributed by atoms with Crippen molar-refractivity contribution in [3.8, 4) is 11.5 Å². The summed E-state index contributed by atoms with van der Waals surface area (Å²) in [6.45, 7) is 0. The van der Waals surface area contributed by atoms with Crippen LogP contribution < -0.4 is 4.74 Å². The lowest BCUT2D eigenvalue weighted by Crippen LogP contribution is -2.58. The topological polar surface area (TPSA) is 114 Å². The summed E-state index contributed by atoms with van der Waals surface area (Å²) < 4.78 is 20.1. The molecule has 1 fully saturated rings. The van der Waals surface area contributed by atoms with Gasteiger partial charge >= 0.3 is 23.9 Å². The summed E-state index contributed by atoms with van der Waals surface area (Å²) in [6.07, 6.45) is 0. The van der Waals surface area contributed by atoms with Crippen molar-refractivity contribution in [1.29, 1.82) is 0 Å². The van der Waals surface area contributed by atoms with Gasteiger partial charge in [0.2, 0.25) is 4.75 Å². The van der Waals surface area contributed by atoms with Crippen molar-refractivity contribution >= 4 is 47.4 Å². The van der Waals surface area contributed by atoms with E-state index in [0.717, 1.165) is 40.2 Å². The van der Waals surface area contributed by atoms with E-state index in [-0.39, 0.29) is 0 Å². The van der Waals surface area contributed by atoms with Crippen LogP contribution in [0.15, 0.2) is 48.5 Å². The van der Waals surface area contributed by atoms with E-state index >= 15 is 0 Å². The molecule has 0 amide bonds. The molecule has 0 saturated carbocycles. The normalized spacial score (nSPS) is 18.0. The molecular formula is C23H20O9S2. The molecular weight excluding hydrogens is 484 g/mol. The first-order valence-electron chi connectivity index (χ1n) is 9.90. The smallest absolute Gasteiger partial charge is 0.344 e. The lowest BCUT2D eigenvalue weighted by Gasteiger charge is -2.43. The minimum Gasteiger partial charge on any atom is -0.467 e. The fraction of sp³-hybridized carbons (Fsp3) is 0.304. The van der Waals surface area contributed by atoms with Crippen LogP contribution in [0.2, 0.25) is 0 Å². The van der Waals surface area contributed by atoms with Crippen LogP contribution >= 0.6 is 23.5 Å². The Morgan fingerprint density at radius 3 is 1.47 bits per heavy atom. The molecule has 0 bridgehead atoms. The molecule has 2 aromatic rings. The van der Waals surface area contributed by atoms with Crippen LogP contribution in [-0.2, 0) is 42.9 Å². The van der Waals surface area contributed by atoms with Crippen LogP contribution in [0.3, 0.4) is 0 Å². The van der Waals surface area contributed by atoms with E-state index < -0.39 is 37.5 Å². The van der Waals surface area contributed by atoms with Gasteiger partial charge in [0.1, 0.15) is 16.2 Å². The Labute approximate surface area is 203 Å². The van der Waals surface area contributed by atoms with Crippen LogP contribution in [0.4, 0.5) is 0 Å². The fourth-order valence-corrected chi connectivity index (χ4v) is 8.56. The number of benzene rings is 2. The molecule has 1 spiro atoms. The number of thioether (sulfide) groups is 2. The Balaban J connectivity index is 2.22. The molecule has 2 aliphatic rings. The van der Waals surface area contributed by atoms with Crippen LogP contribution in [0, 0.1) is 0 Å². The number of carbonyl (C=O) groups excluding carboxylic acids is 4. The zero-order chi connectivity index (χ0) is 24.7. The lowest BCUT2D eigenvalue weighted by molar-refractivity contribution is -0.157. The van der Waals surface area contributed by atoms with Crippen molar-refractivity contribution < 1.29 is 42.9 Å². The van der Waals surface area contributed by atoms with Gasteiger partial charge in [-0.3, -0.25) is 0 Å². The molecule has 178 valence electrons. The van der Waals surface area contributed by atoms with E-state index in [0.29, 0.717) is 34.4 Å². The SMILES string of the molecule is COC(=O)C1(C(=O)OC)SC(C(=O)OC)(C(=O)OC)C2(S1)c1ccccc1Oc1ccccc12. The number of esters is 4. The van der Waals surface area contributed by atoms with E-state index in [1.165, 1.54) is 0 Å². The lowest BCUT2D eigenvalue weighted by atomic mass is 9.76. The van der Waals surface area contributed by atoms with Crippen molar-refractivity contribution in [3.05, 3.63) is 59.7 Å². The van der Waals surface area contributed by atoms with Gasteiger partial charge in [-0.1, -0.05) is 48.2 Å². The highest BCUT2D eigenvalue weighted by molar-refractivity contribution is 8.25. The maximum Gasteiger partial charge on any atom is 0.344 e. The van der Waals surface area contributed by atoms with Crippen LogP contribution in [0.25, 0.3) is 0 Å². The van der Waals surface area contributed by atoms with Gasteiger partial charge in [-0.2, -0.15) is 0 Å². The summed E-state index contributed by atoms with van der Waals surface area (Å²) >= 11 is 1.24. The van der Waals surface area contributed by atoms with Gasteiger partial charge in [0.15, 0.2) is 0 Å². The van der Waals surface area contributed by atoms with Gasteiger partial charge in [-0.15, -0.1) is 11.8 Å². The van der Waals surface area contributed by atoms with Gasteiger partial charge in [0.25, 0.3) is 4.08 Å². The number of methoxy groups -OCH3 is 4. The van der Waals surface area contributed by atoms with Crippen molar-refractivity contribution in [1.82, 2.24) is 0 Å². The quantitative estimate of drug-likeness (QED) is 0.348. The second-order valence-corrected chi connectivity index (χ2v) is 10.4. The molecule has 2 aliphatic heterocycles. The monoisotopic (exact) mass is 504 g/mol. The molecule has 0 N–H and O–H groups in total. The average molecular weight is 505 g/mol. The van der Waals surface area contributed by atoms with E-state index in [4.69, 9.17) is 23.7 Å². The number of carbonyl (C=O) groups is 4. The van der Waals surface area contributed by atoms with Gasteiger partial charge < -0.3 is 23.7 Å². The standard InChI is InChI=1S/C23H20O9S2/c1-28-17(24)22(18(25)29-2)21(33-23(34-22,19(26)30-3)20(27)31-4)13-9-5-7-11-15(13)32-16-12-8-6-10-14(16)21/h5-12H,1-4H3. The van der Waals surface area contributed by atoms with Crippen molar-refractivity contribution in [2.75, 3.05) is 28.4 Å². The minimum atomic E-state index is -2.26. The third-order valence-corrected chi connectivity index (χ3v) is 9.56. The number of hydrogen-bond donors (Lipinski definition) is 0. The summed E-state index contributed by atoms with van der Waals surface area (Å²) in [6, 6.07) is 13.5. The van der Waals surface area contributed by atoms with E-state index in [1.807, 2.05) is 0 Å². The zero-order valence-electron chi connectivity index (χ0n) is 18.6. The summed E-state index contributed by atoms with van der Waals surface area (Å²) in [5.74, 6) is -3.39. The zero-order valence-corrected chi connectivity index (χ0v) is 20.2. The number of hydrogen-bond acceptors (Lipinski definition) is 11. The second-order valence-electron chi connectivity index (χ2n) is 7.24. The number of fused-ring (bicyclic) bond motifs is 4. The molecule has 11 heteroatoms. The van der Waals surface area contributed by atoms with Crippen LogP contribution in [0.5, 0.6) is 11.5 Å². The Hall–Kier alpha value is -3.18. The third kappa shape index (κ3) is 2.89. The first-order valence-corrected chi connectivity index (χ1v) is 11.5. The number of ether oxygens (including phenoxy) is 5. The largest absolute Gasteiger partial charge is 0.467 e. The maximum absolute atomic E-state index is 13.6. The predicted molar refractivity (Wildman–Crippen MR) is 122 cm³/mol. The highest BCUT2D eigenvalue weighted by Gasteiger charge is 2.81. The van der Waals surface area contributed by atoms with Gasteiger partial charge in [0, 0.05) is 11.1 Å². The molecule has 1 saturated heterocycles. The summed E-state index contributed by atoms with van der Waals surface area (Å²) in [7, 11) is 4.42. The summed E-state index contributed by atoms with van der Waals surface area (Å²) in [5, 5.41) is 0. The van der Waals surface area contributed by atoms with Crippen molar-refractivity contribution in [2.45, 2.75) is 13.6 Å². The Bertz CT molecular complexity index is 1110. The second kappa shape index (κ2) is 8.55. The van der Waals surface area contributed by atoms with Crippen molar-refractivity contribution in [3.63, 3.8) is 0 Å². The predicted octanol–water partition coefficient (Wildman–Crippen LogP) is 2.64. The molecule has 0 unspecified atom stereocenters. The first kappa shape index (κ1) is 24.0. The maximum atomic E-state index is 13.6. The Kier molecular flexibility index (Phi) is 6.03. The third-order valence-electron chi connectivity index (χ3n) is 5.70. The fourth-order valence-electron chi connectivity index (χ4n) is 4.30. The minimum absolute atomic E-state index is 0.331. The van der Waals surface area contributed by atoms with Gasteiger partial charge in [-0.05, 0) is 12.1 Å². The summed E-state index contributed by atoms with van der Waals surface area (Å²) in [5.41, 5.74) is 0.744. The molecule has 2 heterocycles. The molecule has 34 heavy (non-hydrogen) atoms. The Morgan fingerprint density at radius 1 is 0.647 bits per heavy atom. The van der Waals surface area contributed by atoms with E-state index in [9.17, 15) is 19.2 Å². The molecule has 9 nitrogen and oxygen atoms in total. The van der Waals surface area contributed by atoms with Crippen molar-refractivity contribution in [2.24, 2.45) is 0 Å². The molecule has 0 atom stereocenters. The first-order chi connectivity index (χ1) is 16.3. The highest BCUT2D eigenvalue weighted by Crippen LogP contribution is 2.74. The summed E-state index contributed by atoms with van der Waals surface area (Å²) in [4.78, 5) is 53.7. The van der Waals surface area contributed by atoms with Gasteiger partial charge in [-0.25, -0.2) is 19.2 Å². The average Bonchev–Trinajstić information content (AvgIpc) is 3.21.